The minimum Gasteiger partial charge on any atom is -0.480 e. The Bertz CT molecular complexity index is 437. The van der Waals surface area contributed by atoms with Gasteiger partial charge in [0.05, 0.1) is 12.2 Å². The summed E-state index contributed by atoms with van der Waals surface area (Å²) in [5.74, 6) is -1.65. The molecule has 106 valence electrons. The molecule has 1 heterocycles. The number of methoxy groups -OCH3 is 1. The Hall–Kier alpha value is -1.83. The molecule has 1 rings (SSSR count). The van der Waals surface area contributed by atoms with Gasteiger partial charge < -0.3 is 14.7 Å². The summed E-state index contributed by atoms with van der Waals surface area (Å²) in [5, 5.41) is 8.75. The number of rotatable bonds is 6. The average molecular weight is 278 g/mol. The van der Waals surface area contributed by atoms with Crippen molar-refractivity contribution in [2.75, 3.05) is 31.7 Å². The van der Waals surface area contributed by atoms with Gasteiger partial charge in [-0.2, -0.15) is 13.2 Å². The van der Waals surface area contributed by atoms with Crippen LogP contribution in [0.2, 0.25) is 0 Å². The predicted molar refractivity (Wildman–Crippen MR) is 61.0 cm³/mol. The Labute approximate surface area is 107 Å². The van der Waals surface area contributed by atoms with Crippen LogP contribution in [0, 0.1) is 0 Å². The highest BCUT2D eigenvalue weighted by atomic mass is 19.4. The number of hydrogen-bond donors (Lipinski definition) is 1. The summed E-state index contributed by atoms with van der Waals surface area (Å²) in [6.07, 6.45) is -3.40. The van der Waals surface area contributed by atoms with Gasteiger partial charge >= 0.3 is 12.1 Å². The predicted octanol–water partition coefficient (Wildman–Crippen LogP) is 1.64. The molecule has 0 bridgehead atoms. The van der Waals surface area contributed by atoms with Crippen LogP contribution in [0.3, 0.4) is 0 Å². The smallest absolute Gasteiger partial charge is 0.419 e. The normalized spacial score (nSPS) is 11.4. The lowest BCUT2D eigenvalue weighted by molar-refractivity contribution is -0.138. The molecule has 0 spiro atoms. The van der Waals surface area contributed by atoms with E-state index < -0.39 is 30.1 Å². The second-order valence-electron chi connectivity index (χ2n) is 3.68. The van der Waals surface area contributed by atoms with Crippen molar-refractivity contribution in [3.63, 3.8) is 0 Å². The summed E-state index contributed by atoms with van der Waals surface area (Å²) in [7, 11) is 1.38. The van der Waals surface area contributed by atoms with E-state index in [-0.39, 0.29) is 13.2 Å². The van der Waals surface area contributed by atoms with Gasteiger partial charge in [0.25, 0.3) is 0 Å². The van der Waals surface area contributed by atoms with Gasteiger partial charge in [-0.25, -0.2) is 4.98 Å². The number of halogens is 3. The van der Waals surface area contributed by atoms with Crippen LogP contribution in [-0.4, -0.2) is 42.9 Å². The summed E-state index contributed by atoms with van der Waals surface area (Å²) in [6.45, 7) is -0.479. The van der Waals surface area contributed by atoms with E-state index >= 15 is 0 Å². The number of pyridine rings is 1. The van der Waals surface area contributed by atoms with E-state index in [1.54, 1.807) is 0 Å². The average Bonchev–Trinajstić information content (AvgIpc) is 2.33. The third-order valence-electron chi connectivity index (χ3n) is 2.28. The molecule has 0 saturated heterocycles. The van der Waals surface area contributed by atoms with Gasteiger partial charge in [0, 0.05) is 19.9 Å². The van der Waals surface area contributed by atoms with Gasteiger partial charge in [-0.3, -0.25) is 4.79 Å². The molecular weight excluding hydrogens is 265 g/mol. The number of aliphatic carboxylic acids is 1. The minimum atomic E-state index is -4.59. The SMILES string of the molecule is COCCN(CC(=O)O)c1ncccc1C(F)(F)F. The van der Waals surface area contributed by atoms with Crippen molar-refractivity contribution in [1.29, 1.82) is 0 Å². The number of alkyl halides is 3. The summed E-state index contributed by atoms with van der Waals surface area (Å²) in [4.78, 5) is 15.4. The number of carboxylic acids is 1. The molecule has 0 radical (unpaired) electrons. The van der Waals surface area contributed by atoms with Crippen molar-refractivity contribution in [3.05, 3.63) is 23.9 Å². The Morgan fingerprint density at radius 1 is 1.53 bits per heavy atom. The Kier molecular flexibility index (Phi) is 5.11. The number of anilines is 1. The molecule has 0 atom stereocenters. The maximum absolute atomic E-state index is 12.8. The summed E-state index contributed by atoms with van der Waals surface area (Å²) >= 11 is 0. The molecule has 0 fully saturated rings. The fourth-order valence-electron chi connectivity index (χ4n) is 1.49. The molecule has 0 aromatic carbocycles. The molecule has 0 aliphatic heterocycles. The Balaban J connectivity index is 3.10. The molecule has 0 aliphatic rings. The zero-order chi connectivity index (χ0) is 14.5. The Morgan fingerprint density at radius 2 is 2.21 bits per heavy atom. The van der Waals surface area contributed by atoms with Crippen molar-refractivity contribution in [2.24, 2.45) is 0 Å². The quantitative estimate of drug-likeness (QED) is 0.857. The lowest BCUT2D eigenvalue weighted by atomic mass is 10.2. The van der Waals surface area contributed by atoms with E-state index in [2.05, 4.69) is 4.98 Å². The molecule has 0 unspecified atom stereocenters. The van der Waals surface area contributed by atoms with E-state index in [1.165, 1.54) is 13.3 Å². The van der Waals surface area contributed by atoms with Gasteiger partial charge in [-0.15, -0.1) is 0 Å². The number of aromatic nitrogens is 1. The van der Waals surface area contributed by atoms with Gasteiger partial charge in [0.1, 0.15) is 12.4 Å². The molecule has 0 amide bonds. The van der Waals surface area contributed by atoms with Crippen LogP contribution in [0.5, 0.6) is 0 Å². The molecule has 5 nitrogen and oxygen atoms in total. The highest BCUT2D eigenvalue weighted by molar-refractivity contribution is 5.73. The first-order chi connectivity index (χ1) is 8.86. The fraction of sp³-hybridized carbons (Fsp3) is 0.455. The largest absolute Gasteiger partial charge is 0.480 e. The lowest BCUT2D eigenvalue weighted by Crippen LogP contribution is -2.35. The first kappa shape index (κ1) is 15.2. The minimum absolute atomic E-state index is 0.00287. The summed E-state index contributed by atoms with van der Waals surface area (Å²) < 4.78 is 43.2. The van der Waals surface area contributed by atoms with E-state index in [1.807, 2.05) is 0 Å². The zero-order valence-electron chi connectivity index (χ0n) is 10.1. The van der Waals surface area contributed by atoms with Crippen LogP contribution in [0.4, 0.5) is 19.0 Å². The van der Waals surface area contributed by atoms with Crippen molar-refractivity contribution in [2.45, 2.75) is 6.18 Å². The van der Waals surface area contributed by atoms with E-state index in [0.717, 1.165) is 17.0 Å². The van der Waals surface area contributed by atoms with Crippen LogP contribution in [0.25, 0.3) is 0 Å². The van der Waals surface area contributed by atoms with E-state index in [0.29, 0.717) is 0 Å². The number of nitrogens with zero attached hydrogens (tertiary/aromatic N) is 2. The molecule has 1 aromatic rings. The molecular formula is C11H13F3N2O3. The van der Waals surface area contributed by atoms with Crippen LogP contribution in [-0.2, 0) is 15.7 Å². The molecule has 8 heteroatoms. The molecule has 0 aliphatic carbocycles. The Morgan fingerprint density at radius 3 is 2.74 bits per heavy atom. The van der Waals surface area contributed by atoms with Crippen molar-refractivity contribution >= 4 is 11.8 Å². The second kappa shape index (κ2) is 6.37. The van der Waals surface area contributed by atoms with Crippen LogP contribution < -0.4 is 4.90 Å². The fourth-order valence-corrected chi connectivity index (χ4v) is 1.49. The van der Waals surface area contributed by atoms with Gasteiger partial charge in [0.2, 0.25) is 0 Å². The van der Waals surface area contributed by atoms with Crippen LogP contribution >= 0.6 is 0 Å². The van der Waals surface area contributed by atoms with Crippen LogP contribution in [0.1, 0.15) is 5.56 Å². The molecule has 19 heavy (non-hydrogen) atoms. The topological polar surface area (TPSA) is 62.7 Å². The number of ether oxygens (including phenoxy) is 1. The van der Waals surface area contributed by atoms with Gasteiger partial charge in [-0.1, -0.05) is 0 Å². The van der Waals surface area contributed by atoms with E-state index in [9.17, 15) is 18.0 Å². The molecule has 1 aromatic heterocycles. The summed E-state index contributed by atoms with van der Waals surface area (Å²) in [6, 6.07) is 2.02. The van der Waals surface area contributed by atoms with Crippen molar-refractivity contribution < 1.29 is 27.8 Å². The van der Waals surface area contributed by atoms with Crippen molar-refractivity contribution in [1.82, 2.24) is 4.98 Å². The highest BCUT2D eigenvalue weighted by Gasteiger charge is 2.35. The standard InChI is InChI=1S/C11H13F3N2O3/c1-19-6-5-16(7-9(17)18)10-8(11(12,13)14)3-2-4-15-10/h2-4H,5-7H2,1H3,(H,17,18). The second-order valence-corrected chi connectivity index (χ2v) is 3.68. The highest BCUT2D eigenvalue weighted by Crippen LogP contribution is 2.34. The van der Waals surface area contributed by atoms with Crippen LogP contribution in [0.15, 0.2) is 18.3 Å². The number of carbonyl (C=O) groups is 1. The van der Waals surface area contributed by atoms with Gasteiger partial charge in [-0.05, 0) is 12.1 Å². The lowest BCUT2D eigenvalue weighted by Gasteiger charge is -2.24. The third-order valence-corrected chi connectivity index (χ3v) is 2.28. The maximum atomic E-state index is 12.8. The first-order valence-corrected chi connectivity index (χ1v) is 5.34. The first-order valence-electron chi connectivity index (χ1n) is 5.34. The molecule has 1 N–H and O–H groups in total. The third kappa shape index (κ3) is 4.40. The number of carboxylic acid groups (broad SMARTS) is 1. The van der Waals surface area contributed by atoms with Crippen molar-refractivity contribution in [3.8, 4) is 0 Å². The molecule has 0 saturated carbocycles. The van der Waals surface area contributed by atoms with E-state index in [4.69, 9.17) is 9.84 Å². The number of hydrogen-bond acceptors (Lipinski definition) is 4. The zero-order valence-corrected chi connectivity index (χ0v) is 10.1. The maximum Gasteiger partial charge on any atom is 0.419 e. The monoisotopic (exact) mass is 278 g/mol. The summed E-state index contributed by atoms with van der Waals surface area (Å²) in [5.41, 5.74) is -0.965. The van der Waals surface area contributed by atoms with Gasteiger partial charge in [0.15, 0.2) is 0 Å².